The van der Waals surface area contributed by atoms with E-state index in [1.54, 1.807) is 0 Å². The van der Waals surface area contributed by atoms with E-state index in [0.717, 1.165) is 17.6 Å². The summed E-state index contributed by atoms with van der Waals surface area (Å²) in [5, 5.41) is 5.32. The molecule has 0 aliphatic heterocycles. The van der Waals surface area contributed by atoms with Crippen LogP contribution in [0.15, 0.2) is 35.6 Å². The van der Waals surface area contributed by atoms with Crippen LogP contribution in [0.1, 0.15) is 39.2 Å². The van der Waals surface area contributed by atoms with Crippen molar-refractivity contribution in [1.29, 1.82) is 0 Å². The second kappa shape index (κ2) is 7.07. The van der Waals surface area contributed by atoms with Gasteiger partial charge in [0.15, 0.2) is 0 Å². The molecule has 4 nitrogen and oxygen atoms in total. The first-order chi connectivity index (χ1) is 10.1. The molecule has 0 aliphatic rings. The van der Waals surface area contributed by atoms with E-state index >= 15 is 0 Å². The number of aromatic nitrogens is 1. The summed E-state index contributed by atoms with van der Waals surface area (Å²) in [4.78, 5) is 15.1. The fourth-order valence-corrected chi connectivity index (χ4v) is 2.44. The molecule has 0 spiro atoms. The summed E-state index contributed by atoms with van der Waals surface area (Å²) in [6.45, 7) is 6.22. The molecule has 1 aromatic carbocycles. The van der Waals surface area contributed by atoms with Crippen molar-refractivity contribution in [3.8, 4) is 0 Å². The summed E-state index contributed by atoms with van der Waals surface area (Å²) in [7, 11) is 0. The first kappa shape index (κ1) is 15.3. The van der Waals surface area contributed by atoms with Gasteiger partial charge in [0.05, 0.1) is 0 Å². The summed E-state index contributed by atoms with van der Waals surface area (Å²) >= 11 is 0. The van der Waals surface area contributed by atoms with Crippen molar-refractivity contribution < 1.29 is 4.79 Å². The van der Waals surface area contributed by atoms with Crippen LogP contribution in [0.5, 0.6) is 0 Å². The highest BCUT2D eigenvalue weighted by Gasteiger charge is 2.06. The lowest BCUT2D eigenvalue weighted by Crippen LogP contribution is -2.19. The monoisotopic (exact) mass is 285 g/mol. The molecule has 1 heterocycles. The van der Waals surface area contributed by atoms with Crippen LogP contribution >= 0.6 is 0 Å². The second-order valence-electron chi connectivity index (χ2n) is 5.84. The largest absolute Gasteiger partial charge is 0.361 e. The van der Waals surface area contributed by atoms with E-state index in [0.29, 0.717) is 18.8 Å². The first-order valence-corrected chi connectivity index (χ1v) is 7.43. The zero-order chi connectivity index (χ0) is 15.2. The molecule has 2 N–H and O–H groups in total. The number of benzene rings is 1. The molecule has 1 amide bonds. The maximum absolute atomic E-state index is 11.8. The van der Waals surface area contributed by atoms with Crippen molar-refractivity contribution in [2.24, 2.45) is 11.0 Å². The summed E-state index contributed by atoms with van der Waals surface area (Å²) in [5.74, 6) is 0.514. The number of rotatable bonds is 6. The molecule has 4 heteroatoms. The lowest BCUT2D eigenvalue weighted by molar-refractivity contribution is -0.121. The number of hydrogen-bond acceptors (Lipinski definition) is 2. The van der Waals surface area contributed by atoms with E-state index in [-0.39, 0.29) is 5.91 Å². The van der Waals surface area contributed by atoms with E-state index < -0.39 is 0 Å². The fraction of sp³-hybridized carbons (Fsp3) is 0.412. The van der Waals surface area contributed by atoms with Crippen molar-refractivity contribution in [3.63, 3.8) is 0 Å². The average Bonchev–Trinajstić information content (AvgIpc) is 2.85. The van der Waals surface area contributed by atoms with Crippen molar-refractivity contribution >= 4 is 22.5 Å². The number of para-hydroxylation sites is 1. The average molecular weight is 285 g/mol. The Morgan fingerprint density at radius 1 is 1.33 bits per heavy atom. The van der Waals surface area contributed by atoms with Gasteiger partial charge in [-0.2, -0.15) is 5.10 Å². The Labute approximate surface area is 125 Å². The van der Waals surface area contributed by atoms with E-state index in [4.69, 9.17) is 0 Å². The number of fused-ring (bicyclic) bond motifs is 1. The van der Waals surface area contributed by atoms with Crippen LogP contribution < -0.4 is 5.43 Å². The van der Waals surface area contributed by atoms with Gasteiger partial charge in [0.25, 0.3) is 0 Å². The molecule has 0 unspecified atom stereocenters. The smallest absolute Gasteiger partial charge is 0.240 e. The summed E-state index contributed by atoms with van der Waals surface area (Å²) in [6, 6.07) is 8.13. The van der Waals surface area contributed by atoms with Gasteiger partial charge in [-0.3, -0.25) is 4.79 Å². The number of hydrazone groups is 1. The number of H-pyrrole nitrogens is 1. The van der Waals surface area contributed by atoms with Gasteiger partial charge in [-0.25, -0.2) is 5.43 Å². The number of nitrogens with zero attached hydrogens (tertiary/aromatic N) is 1. The molecular weight excluding hydrogens is 262 g/mol. The van der Waals surface area contributed by atoms with Gasteiger partial charge in [0.1, 0.15) is 0 Å². The summed E-state index contributed by atoms with van der Waals surface area (Å²) < 4.78 is 0. The Morgan fingerprint density at radius 3 is 2.86 bits per heavy atom. The molecule has 0 aliphatic carbocycles. The van der Waals surface area contributed by atoms with Crippen molar-refractivity contribution in [3.05, 3.63) is 36.0 Å². The zero-order valence-corrected chi connectivity index (χ0v) is 12.9. The lowest BCUT2D eigenvalue weighted by Gasteiger charge is -2.05. The van der Waals surface area contributed by atoms with E-state index in [1.807, 2.05) is 31.3 Å². The molecule has 1 aromatic heterocycles. The maximum atomic E-state index is 11.8. The molecule has 0 saturated carbocycles. The number of aromatic amines is 1. The molecular formula is C17H23N3O. The van der Waals surface area contributed by atoms with E-state index in [9.17, 15) is 4.79 Å². The van der Waals surface area contributed by atoms with Gasteiger partial charge in [0.2, 0.25) is 5.91 Å². The molecule has 0 saturated heterocycles. The minimum absolute atomic E-state index is 0.0385. The topological polar surface area (TPSA) is 57.2 Å². The van der Waals surface area contributed by atoms with Gasteiger partial charge in [-0.1, -0.05) is 32.0 Å². The SMILES string of the molecule is C/C(CC(C)C)=N/NC(=O)CCc1c[nH]c2ccccc12. The van der Waals surface area contributed by atoms with Crippen LogP contribution in [0, 0.1) is 5.92 Å². The predicted molar refractivity (Wildman–Crippen MR) is 87.3 cm³/mol. The van der Waals surface area contributed by atoms with Gasteiger partial charge in [-0.15, -0.1) is 0 Å². The van der Waals surface area contributed by atoms with Gasteiger partial charge >= 0.3 is 0 Å². The molecule has 2 rings (SSSR count). The quantitative estimate of drug-likeness (QED) is 0.618. The molecule has 21 heavy (non-hydrogen) atoms. The van der Waals surface area contributed by atoms with Gasteiger partial charge < -0.3 is 4.98 Å². The Bertz CT molecular complexity index is 640. The van der Waals surface area contributed by atoms with Crippen molar-refractivity contribution in [2.75, 3.05) is 0 Å². The molecule has 0 atom stereocenters. The summed E-state index contributed by atoms with van der Waals surface area (Å²) in [6.07, 6.45) is 4.04. The van der Waals surface area contributed by atoms with Crippen LogP contribution in [-0.4, -0.2) is 16.6 Å². The van der Waals surface area contributed by atoms with Crippen LogP contribution in [0.25, 0.3) is 10.9 Å². The third-order valence-corrected chi connectivity index (χ3v) is 3.37. The van der Waals surface area contributed by atoms with E-state index in [1.165, 1.54) is 10.9 Å². The van der Waals surface area contributed by atoms with Crippen LogP contribution in [0.3, 0.4) is 0 Å². The highest BCUT2D eigenvalue weighted by molar-refractivity contribution is 5.86. The third-order valence-electron chi connectivity index (χ3n) is 3.37. The Kier molecular flexibility index (Phi) is 5.14. The Balaban J connectivity index is 1.87. The third kappa shape index (κ3) is 4.45. The maximum Gasteiger partial charge on any atom is 0.240 e. The molecule has 0 fully saturated rings. The highest BCUT2D eigenvalue weighted by Crippen LogP contribution is 2.18. The molecule has 0 bridgehead atoms. The molecule has 2 aromatic rings. The van der Waals surface area contributed by atoms with Crippen LogP contribution in [0.2, 0.25) is 0 Å². The number of carbonyl (C=O) groups is 1. The number of aryl methyl sites for hydroxylation is 1. The van der Waals surface area contributed by atoms with Gasteiger partial charge in [-0.05, 0) is 37.3 Å². The second-order valence-corrected chi connectivity index (χ2v) is 5.84. The lowest BCUT2D eigenvalue weighted by atomic mass is 10.1. The number of nitrogens with one attached hydrogen (secondary N) is 2. The van der Waals surface area contributed by atoms with Gasteiger partial charge in [0, 0.05) is 29.2 Å². The molecule has 112 valence electrons. The Morgan fingerprint density at radius 2 is 2.10 bits per heavy atom. The van der Waals surface area contributed by atoms with E-state index in [2.05, 4.69) is 35.4 Å². The Hall–Kier alpha value is -2.10. The predicted octanol–water partition coefficient (Wildman–Crippen LogP) is 3.64. The number of amides is 1. The molecule has 0 radical (unpaired) electrons. The van der Waals surface area contributed by atoms with Crippen molar-refractivity contribution in [2.45, 2.75) is 40.0 Å². The first-order valence-electron chi connectivity index (χ1n) is 7.43. The number of carbonyl (C=O) groups excluding carboxylic acids is 1. The van der Waals surface area contributed by atoms with Crippen LogP contribution in [0.4, 0.5) is 0 Å². The van der Waals surface area contributed by atoms with Crippen molar-refractivity contribution in [1.82, 2.24) is 10.4 Å². The zero-order valence-electron chi connectivity index (χ0n) is 12.9. The highest BCUT2D eigenvalue weighted by atomic mass is 16.2. The standard InChI is InChI=1S/C17H23N3O/c1-12(2)10-13(3)19-20-17(21)9-8-14-11-18-16-7-5-4-6-15(14)16/h4-7,11-12,18H,8-10H2,1-3H3,(H,20,21)/b19-13-. The number of hydrogen-bond donors (Lipinski definition) is 2. The van der Waals surface area contributed by atoms with Crippen LogP contribution in [-0.2, 0) is 11.2 Å². The normalized spacial score (nSPS) is 12.1. The minimum atomic E-state index is -0.0385. The summed E-state index contributed by atoms with van der Waals surface area (Å²) in [5.41, 5.74) is 5.88. The fourth-order valence-electron chi connectivity index (χ4n) is 2.44. The minimum Gasteiger partial charge on any atom is -0.361 e.